The van der Waals surface area contributed by atoms with Gasteiger partial charge in [0.15, 0.2) is 0 Å². The van der Waals surface area contributed by atoms with Crippen LogP contribution in [-0.2, 0) is 10.0 Å². The van der Waals surface area contributed by atoms with Gasteiger partial charge in [-0.3, -0.25) is 0 Å². The summed E-state index contributed by atoms with van der Waals surface area (Å²) < 4.78 is 26.9. The van der Waals surface area contributed by atoms with Crippen LogP contribution in [0.15, 0.2) is 46.7 Å². The van der Waals surface area contributed by atoms with Crippen LogP contribution in [0.1, 0.15) is 17.8 Å². The molecule has 1 heterocycles. The lowest BCUT2D eigenvalue weighted by atomic mass is 10.3. The van der Waals surface area contributed by atoms with E-state index in [1.54, 1.807) is 12.1 Å². The van der Waals surface area contributed by atoms with Gasteiger partial charge >= 0.3 is 0 Å². The second-order valence-electron chi connectivity index (χ2n) is 3.93. The van der Waals surface area contributed by atoms with E-state index in [1.807, 2.05) is 24.4 Å². The van der Waals surface area contributed by atoms with E-state index < -0.39 is 10.0 Å². The zero-order valence-corrected chi connectivity index (χ0v) is 11.5. The quantitative estimate of drug-likeness (QED) is 0.846. The summed E-state index contributed by atoms with van der Waals surface area (Å²) in [6, 6.07) is 9.80. The number of nitrogens with two attached hydrogens (primary N) is 1. The molecule has 0 aliphatic carbocycles. The monoisotopic (exact) mass is 282 g/mol. The van der Waals surface area contributed by atoms with Gasteiger partial charge in [-0.2, -0.15) is 0 Å². The number of hydrogen-bond acceptors (Lipinski definition) is 4. The van der Waals surface area contributed by atoms with E-state index in [-0.39, 0.29) is 10.9 Å². The van der Waals surface area contributed by atoms with Crippen LogP contribution >= 0.6 is 11.3 Å². The van der Waals surface area contributed by atoms with Crippen molar-refractivity contribution < 1.29 is 8.42 Å². The summed E-state index contributed by atoms with van der Waals surface area (Å²) in [5, 5.41) is 1.92. The van der Waals surface area contributed by atoms with Crippen molar-refractivity contribution in [3.8, 4) is 0 Å². The van der Waals surface area contributed by atoms with Gasteiger partial charge < -0.3 is 5.73 Å². The molecule has 0 fully saturated rings. The molecule has 0 bridgehead atoms. The van der Waals surface area contributed by atoms with Crippen LogP contribution in [-0.4, -0.2) is 8.42 Å². The first-order valence-corrected chi connectivity index (χ1v) is 7.76. The number of hydrogen-bond donors (Lipinski definition) is 2. The second-order valence-corrected chi connectivity index (χ2v) is 6.62. The van der Waals surface area contributed by atoms with Crippen LogP contribution in [0.4, 0.5) is 5.69 Å². The lowest BCUT2D eigenvalue weighted by Gasteiger charge is -2.13. The van der Waals surface area contributed by atoms with Crippen LogP contribution < -0.4 is 10.5 Å². The lowest BCUT2D eigenvalue weighted by molar-refractivity contribution is 0.568. The SMILES string of the molecule is CC(NS(=O)(=O)c1cccc(N)c1)c1cccs1. The first-order valence-electron chi connectivity index (χ1n) is 5.40. The van der Waals surface area contributed by atoms with Crippen molar-refractivity contribution in [3.05, 3.63) is 46.7 Å². The maximum atomic E-state index is 12.1. The van der Waals surface area contributed by atoms with Crippen molar-refractivity contribution in [2.75, 3.05) is 5.73 Å². The minimum atomic E-state index is -3.53. The summed E-state index contributed by atoms with van der Waals surface area (Å²) in [6.07, 6.45) is 0. The van der Waals surface area contributed by atoms with E-state index in [4.69, 9.17) is 5.73 Å². The van der Waals surface area contributed by atoms with Crippen molar-refractivity contribution in [3.63, 3.8) is 0 Å². The van der Waals surface area contributed by atoms with E-state index in [0.29, 0.717) is 5.69 Å². The fraction of sp³-hybridized carbons (Fsp3) is 0.167. The minimum absolute atomic E-state index is 0.186. The highest BCUT2D eigenvalue weighted by Gasteiger charge is 2.18. The predicted octanol–water partition coefficient (Wildman–Crippen LogP) is 2.37. The molecule has 0 radical (unpaired) electrons. The van der Waals surface area contributed by atoms with Gasteiger partial charge in [-0.1, -0.05) is 12.1 Å². The summed E-state index contributed by atoms with van der Waals surface area (Å²) >= 11 is 1.52. The number of thiophene rings is 1. The minimum Gasteiger partial charge on any atom is -0.399 e. The first-order chi connectivity index (χ1) is 8.49. The van der Waals surface area contributed by atoms with Crippen molar-refractivity contribution in [1.82, 2.24) is 4.72 Å². The number of rotatable bonds is 4. The van der Waals surface area contributed by atoms with E-state index in [0.717, 1.165) is 4.88 Å². The maximum Gasteiger partial charge on any atom is 0.241 e. The van der Waals surface area contributed by atoms with Crippen LogP contribution in [0.2, 0.25) is 0 Å². The molecule has 1 atom stereocenters. The lowest BCUT2D eigenvalue weighted by Crippen LogP contribution is -2.26. The zero-order chi connectivity index (χ0) is 13.2. The Morgan fingerprint density at radius 3 is 2.67 bits per heavy atom. The van der Waals surface area contributed by atoms with Gasteiger partial charge in [-0.15, -0.1) is 11.3 Å². The number of sulfonamides is 1. The fourth-order valence-corrected chi connectivity index (χ4v) is 3.66. The normalized spacial score (nSPS) is 13.4. The third-order valence-corrected chi connectivity index (χ3v) is 5.06. The third-order valence-electron chi connectivity index (χ3n) is 2.47. The summed E-state index contributed by atoms with van der Waals surface area (Å²) in [6.45, 7) is 1.82. The van der Waals surface area contributed by atoms with E-state index in [2.05, 4.69) is 4.72 Å². The van der Waals surface area contributed by atoms with Gasteiger partial charge in [-0.25, -0.2) is 13.1 Å². The molecular formula is C12H14N2O2S2. The number of nitrogens with one attached hydrogen (secondary N) is 1. The van der Waals surface area contributed by atoms with Gasteiger partial charge in [0.2, 0.25) is 10.0 Å². The van der Waals surface area contributed by atoms with Crippen molar-refractivity contribution >= 4 is 27.0 Å². The van der Waals surface area contributed by atoms with E-state index in [1.165, 1.54) is 23.5 Å². The van der Waals surface area contributed by atoms with Gasteiger partial charge in [0, 0.05) is 10.6 Å². The highest BCUT2D eigenvalue weighted by molar-refractivity contribution is 7.89. The average molecular weight is 282 g/mol. The molecule has 0 saturated carbocycles. The Bertz CT molecular complexity index is 621. The number of nitrogen functional groups attached to an aromatic ring is 1. The van der Waals surface area contributed by atoms with Crippen molar-refractivity contribution in [2.24, 2.45) is 0 Å². The van der Waals surface area contributed by atoms with Crippen LogP contribution in [0, 0.1) is 0 Å². The van der Waals surface area contributed by atoms with Crippen LogP contribution in [0.25, 0.3) is 0 Å². The van der Waals surface area contributed by atoms with E-state index in [9.17, 15) is 8.42 Å². The fourth-order valence-electron chi connectivity index (χ4n) is 1.58. The molecule has 0 spiro atoms. The smallest absolute Gasteiger partial charge is 0.241 e. The first kappa shape index (κ1) is 13.1. The molecule has 2 aromatic rings. The Hall–Kier alpha value is -1.37. The van der Waals surface area contributed by atoms with Crippen molar-refractivity contribution in [2.45, 2.75) is 17.9 Å². The number of anilines is 1. The van der Waals surface area contributed by atoms with Gasteiger partial charge in [0.1, 0.15) is 0 Å². The molecule has 1 unspecified atom stereocenters. The highest BCUT2D eigenvalue weighted by atomic mass is 32.2. The molecule has 1 aromatic heterocycles. The van der Waals surface area contributed by atoms with Gasteiger partial charge in [0.25, 0.3) is 0 Å². The molecule has 0 saturated heterocycles. The standard InChI is InChI=1S/C12H14N2O2S2/c1-9(12-6-3-7-17-12)14-18(15,16)11-5-2-4-10(13)8-11/h2-9,14H,13H2,1H3. The molecule has 1 aromatic carbocycles. The average Bonchev–Trinajstić information content (AvgIpc) is 2.82. The molecule has 4 nitrogen and oxygen atoms in total. The number of benzene rings is 1. The molecule has 0 aliphatic rings. The van der Waals surface area contributed by atoms with Gasteiger partial charge in [0.05, 0.1) is 10.9 Å². The molecule has 18 heavy (non-hydrogen) atoms. The highest BCUT2D eigenvalue weighted by Crippen LogP contribution is 2.21. The molecule has 96 valence electrons. The second kappa shape index (κ2) is 5.09. The van der Waals surface area contributed by atoms with Crippen LogP contribution in [0.5, 0.6) is 0 Å². The Labute approximate surface area is 111 Å². The Morgan fingerprint density at radius 1 is 1.28 bits per heavy atom. The molecule has 0 aliphatic heterocycles. The molecule has 0 amide bonds. The van der Waals surface area contributed by atoms with Gasteiger partial charge in [-0.05, 0) is 36.6 Å². The topological polar surface area (TPSA) is 72.2 Å². The summed E-state index contributed by atoms with van der Waals surface area (Å²) in [5.41, 5.74) is 6.02. The molecular weight excluding hydrogens is 268 g/mol. The maximum absolute atomic E-state index is 12.1. The zero-order valence-electron chi connectivity index (χ0n) is 9.83. The van der Waals surface area contributed by atoms with Crippen molar-refractivity contribution in [1.29, 1.82) is 0 Å². The summed E-state index contributed by atoms with van der Waals surface area (Å²) in [7, 11) is -3.53. The summed E-state index contributed by atoms with van der Waals surface area (Å²) in [4.78, 5) is 1.16. The third kappa shape index (κ3) is 2.90. The predicted molar refractivity (Wildman–Crippen MR) is 73.9 cm³/mol. The Morgan fingerprint density at radius 2 is 2.06 bits per heavy atom. The Kier molecular flexibility index (Phi) is 3.70. The Balaban J connectivity index is 2.22. The van der Waals surface area contributed by atoms with Crippen LogP contribution in [0.3, 0.4) is 0 Å². The molecule has 2 rings (SSSR count). The molecule has 6 heteroatoms. The van der Waals surface area contributed by atoms with E-state index >= 15 is 0 Å². The molecule has 3 N–H and O–H groups in total. The summed E-state index contributed by atoms with van der Waals surface area (Å²) in [5.74, 6) is 0. The largest absolute Gasteiger partial charge is 0.399 e.